The third kappa shape index (κ3) is 3.33. The second-order valence-electron chi connectivity index (χ2n) is 4.04. The van der Waals surface area contributed by atoms with Crippen molar-refractivity contribution in [1.29, 1.82) is 0 Å². The molecule has 3 N–H and O–H groups in total. The van der Waals surface area contributed by atoms with E-state index in [0.29, 0.717) is 5.00 Å². The van der Waals surface area contributed by atoms with E-state index < -0.39 is 12.0 Å². The van der Waals surface area contributed by atoms with Crippen LogP contribution < -0.4 is 10.6 Å². The summed E-state index contributed by atoms with van der Waals surface area (Å²) in [6.07, 6.45) is 1.65. The molecule has 6 nitrogen and oxygen atoms in total. The lowest BCUT2D eigenvalue weighted by Crippen LogP contribution is -2.31. The van der Waals surface area contributed by atoms with Gasteiger partial charge in [-0.1, -0.05) is 6.07 Å². The Morgan fingerprint density at radius 3 is 2.80 bits per heavy atom. The second kappa shape index (κ2) is 6.16. The summed E-state index contributed by atoms with van der Waals surface area (Å²) in [6, 6.07) is 6.14. The standard InChI is InChI=1S/C13H13N3O3S/c1-8(10-4-2-3-6-14-10)15-13(19)16-11-9(12(17)18)5-7-20-11/h2-8H,1H3,(H,17,18)(H2,15,16,19)/t8-/m0/s1. The number of carboxylic acids is 1. The van der Waals surface area contributed by atoms with Gasteiger partial charge in [0.15, 0.2) is 0 Å². The van der Waals surface area contributed by atoms with Crippen molar-refractivity contribution < 1.29 is 14.7 Å². The molecule has 2 rings (SSSR count). The zero-order chi connectivity index (χ0) is 14.5. The molecule has 0 spiro atoms. The van der Waals surface area contributed by atoms with E-state index >= 15 is 0 Å². The largest absolute Gasteiger partial charge is 0.478 e. The molecule has 0 aliphatic rings. The zero-order valence-corrected chi connectivity index (χ0v) is 11.5. The van der Waals surface area contributed by atoms with Crippen LogP contribution in [0.2, 0.25) is 0 Å². The van der Waals surface area contributed by atoms with Gasteiger partial charge in [0.25, 0.3) is 0 Å². The molecule has 0 saturated heterocycles. The van der Waals surface area contributed by atoms with Gasteiger partial charge >= 0.3 is 12.0 Å². The van der Waals surface area contributed by atoms with Crippen molar-refractivity contribution in [3.8, 4) is 0 Å². The van der Waals surface area contributed by atoms with Gasteiger partial charge in [-0.2, -0.15) is 0 Å². The third-order valence-corrected chi connectivity index (χ3v) is 3.43. The fourth-order valence-corrected chi connectivity index (χ4v) is 2.39. The van der Waals surface area contributed by atoms with Crippen molar-refractivity contribution in [3.63, 3.8) is 0 Å². The predicted molar refractivity (Wildman–Crippen MR) is 76.1 cm³/mol. The number of aromatic nitrogens is 1. The van der Waals surface area contributed by atoms with Crippen LogP contribution in [0.15, 0.2) is 35.8 Å². The van der Waals surface area contributed by atoms with Gasteiger partial charge in [0, 0.05) is 6.20 Å². The molecule has 0 aliphatic carbocycles. The summed E-state index contributed by atoms with van der Waals surface area (Å²) in [6.45, 7) is 1.80. The number of thiophene rings is 1. The lowest BCUT2D eigenvalue weighted by molar-refractivity contribution is 0.0698. The highest BCUT2D eigenvalue weighted by molar-refractivity contribution is 7.14. The summed E-state index contributed by atoms with van der Waals surface area (Å²) in [7, 11) is 0. The van der Waals surface area contributed by atoms with Gasteiger partial charge in [0.05, 0.1) is 17.3 Å². The summed E-state index contributed by atoms with van der Waals surface area (Å²) in [5, 5.41) is 16.1. The monoisotopic (exact) mass is 291 g/mol. The molecule has 0 unspecified atom stereocenters. The van der Waals surface area contributed by atoms with Crippen molar-refractivity contribution in [3.05, 3.63) is 47.1 Å². The molecule has 2 aromatic rings. The molecule has 2 heterocycles. The molecular weight excluding hydrogens is 278 g/mol. The third-order valence-electron chi connectivity index (χ3n) is 2.60. The Morgan fingerprint density at radius 1 is 1.35 bits per heavy atom. The van der Waals surface area contributed by atoms with E-state index in [9.17, 15) is 9.59 Å². The summed E-state index contributed by atoms with van der Waals surface area (Å²) in [4.78, 5) is 26.9. The second-order valence-corrected chi connectivity index (χ2v) is 4.96. The van der Waals surface area contributed by atoms with Crippen molar-refractivity contribution in [2.24, 2.45) is 0 Å². The first kappa shape index (κ1) is 14.0. The maximum Gasteiger partial charge on any atom is 0.338 e. The predicted octanol–water partition coefficient (Wildman–Crippen LogP) is 2.72. The van der Waals surface area contributed by atoms with E-state index in [4.69, 9.17) is 5.11 Å². The molecule has 0 aromatic carbocycles. The molecule has 0 bridgehead atoms. The van der Waals surface area contributed by atoms with Crippen LogP contribution >= 0.6 is 11.3 Å². The van der Waals surface area contributed by atoms with Gasteiger partial charge in [-0.05, 0) is 30.5 Å². The van der Waals surface area contributed by atoms with E-state index in [0.717, 1.165) is 17.0 Å². The number of carboxylic acid groups (broad SMARTS) is 1. The Kier molecular flexibility index (Phi) is 4.31. The summed E-state index contributed by atoms with van der Waals surface area (Å²) in [5.41, 5.74) is 0.808. The van der Waals surface area contributed by atoms with E-state index in [2.05, 4.69) is 15.6 Å². The number of aromatic carboxylic acids is 1. The van der Waals surface area contributed by atoms with Gasteiger partial charge in [0.1, 0.15) is 5.00 Å². The first-order chi connectivity index (χ1) is 9.58. The van der Waals surface area contributed by atoms with Crippen LogP contribution in [0.3, 0.4) is 0 Å². The van der Waals surface area contributed by atoms with Gasteiger partial charge in [0.2, 0.25) is 0 Å². The number of carbonyl (C=O) groups excluding carboxylic acids is 1. The number of carbonyl (C=O) groups is 2. The Bertz CT molecular complexity index is 612. The number of hydrogen-bond donors (Lipinski definition) is 3. The van der Waals surface area contributed by atoms with Crippen molar-refractivity contribution in [2.75, 3.05) is 5.32 Å². The number of rotatable bonds is 4. The van der Waals surface area contributed by atoms with E-state index in [1.54, 1.807) is 30.6 Å². The van der Waals surface area contributed by atoms with Crippen LogP contribution in [-0.4, -0.2) is 22.1 Å². The molecule has 0 aliphatic heterocycles. The fraction of sp³-hybridized carbons (Fsp3) is 0.154. The van der Waals surface area contributed by atoms with Gasteiger partial charge < -0.3 is 10.4 Å². The number of urea groups is 1. The first-order valence-electron chi connectivity index (χ1n) is 5.87. The molecule has 104 valence electrons. The Morgan fingerprint density at radius 2 is 2.15 bits per heavy atom. The fourth-order valence-electron chi connectivity index (χ4n) is 1.62. The molecule has 0 saturated carbocycles. The number of anilines is 1. The highest BCUT2D eigenvalue weighted by Crippen LogP contribution is 2.23. The summed E-state index contributed by atoms with van der Waals surface area (Å²) < 4.78 is 0. The first-order valence-corrected chi connectivity index (χ1v) is 6.75. The minimum absolute atomic E-state index is 0.0793. The normalized spacial score (nSPS) is 11.7. The van der Waals surface area contributed by atoms with Crippen molar-refractivity contribution >= 4 is 28.3 Å². The van der Waals surface area contributed by atoms with Crippen molar-refractivity contribution in [2.45, 2.75) is 13.0 Å². The van der Waals surface area contributed by atoms with Gasteiger partial charge in [-0.15, -0.1) is 11.3 Å². The average molecular weight is 291 g/mol. The SMILES string of the molecule is C[C@H](NC(=O)Nc1sccc1C(=O)O)c1ccccn1. The number of pyridine rings is 1. The molecular formula is C13H13N3O3S. The summed E-state index contributed by atoms with van der Waals surface area (Å²) in [5.74, 6) is -1.07. The van der Waals surface area contributed by atoms with E-state index in [1.807, 2.05) is 6.07 Å². The minimum atomic E-state index is -1.07. The van der Waals surface area contributed by atoms with Crippen LogP contribution in [-0.2, 0) is 0 Å². The lowest BCUT2D eigenvalue weighted by atomic mass is 10.2. The van der Waals surface area contributed by atoms with Crippen LogP contribution in [0.5, 0.6) is 0 Å². The van der Waals surface area contributed by atoms with Crippen LogP contribution in [0.25, 0.3) is 0 Å². The van der Waals surface area contributed by atoms with Crippen LogP contribution in [0.4, 0.5) is 9.80 Å². The van der Waals surface area contributed by atoms with Gasteiger partial charge in [-0.25, -0.2) is 9.59 Å². The molecule has 1 atom stereocenters. The highest BCUT2D eigenvalue weighted by Gasteiger charge is 2.15. The smallest absolute Gasteiger partial charge is 0.338 e. The maximum absolute atomic E-state index is 11.8. The highest BCUT2D eigenvalue weighted by atomic mass is 32.1. The Hall–Kier alpha value is -2.41. The zero-order valence-electron chi connectivity index (χ0n) is 10.7. The molecule has 2 amide bonds. The Balaban J connectivity index is 1.99. The summed E-state index contributed by atoms with van der Waals surface area (Å²) >= 11 is 1.16. The van der Waals surface area contributed by atoms with E-state index in [-0.39, 0.29) is 11.6 Å². The molecule has 0 radical (unpaired) electrons. The van der Waals surface area contributed by atoms with Crippen molar-refractivity contribution in [1.82, 2.24) is 10.3 Å². The maximum atomic E-state index is 11.8. The Labute approximate surface area is 119 Å². The van der Waals surface area contributed by atoms with Gasteiger partial charge in [-0.3, -0.25) is 10.3 Å². The quantitative estimate of drug-likeness (QED) is 0.807. The number of hydrogen-bond acceptors (Lipinski definition) is 4. The topological polar surface area (TPSA) is 91.3 Å². The van der Waals surface area contributed by atoms with Crippen LogP contribution in [0.1, 0.15) is 29.0 Å². The van der Waals surface area contributed by atoms with E-state index in [1.165, 1.54) is 6.07 Å². The molecule has 0 fully saturated rings. The minimum Gasteiger partial charge on any atom is -0.478 e. The molecule has 20 heavy (non-hydrogen) atoms. The number of nitrogens with zero attached hydrogens (tertiary/aromatic N) is 1. The number of amides is 2. The lowest BCUT2D eigenvalue weighted by Gasteiger charge is -2.13. The molecule has 2 aromatic heterocycles. The van der Waals surface area contributed by atoms with Crippen LogP contribution in [0, 0.1) is 0 Å². The average Bonchev–Trinajstić information content (AvgIpc) is 2.87. The number of nitrogens with one attached hydrogen (secondary N) is 2. The molecule has 7 heteroatoms.